The summed E-state index contributed by atoms with van der Waals surface area (Å²) in [5.41, 5.74) is 1.43. The van der Waals surface area contributed by atoms with E-state index >= 15 is 0 Å². The molecule has 0 amide bonds. The van der Waals surface area contributed by atoms with Crippen LogP contribution in [-0.4, -0.2) is 9.78 Å². The third-order valence-electron chi connectivity index (χ3n) is 2.27. The second-order valence-electron chi connectivity index (χ2n) is 3.37. The molecule has 0 saturated carbocycles. The molecule has 2 nitrogen and oxygen atoms in total. The Morgan fingerprint density at radius 1 is 1.07 bits per heavy atom. The van der Waals surface area contributed by atoms with Crippen LogP contribution >= 0.6 is 0 Å². The van der Waals surface area contributed by atoms with Crippen LogP contribution in [0.5, 0.6) is 0 Å². The van der Waals surface area contributed by atoms with Gasteiger partial charge in [-0.15, -0.1) is 0 Å². The molecule has 0 fully saturated rings. The van der Waals surface area contributed by atoms with Crippen molar-refractivity contribution in [2.24, 2.45) is 0 Å². The molecule has 2 rings (SSSR count). The number of rotatable bonds is 1. The van der Waals surface area contributed by atoms with Gasteiger partial charge in [0, 0.05) is 0 Å². The van der Waals surface area contributed by atoms with E-state index in [1.807, 2.05) is 0 Å². The maximum absolute atomic E-state index is 13.4. The van der Waals surface area contributed by atoms with E-state index in [0.717, 1.165) is 0 Å². The van der Waals surface area contributed by atoms with Crippen LogP contribution < -0.4 is 0 Å². The van der Waals surface area contributed by atoms with Crippen LogP contribution in [0, 0.1) is 25.5 Å². The highest BCUT2D eigenvalue weighted by atomic mass is 19.1. The van der Waals surface area contributed by atoms with E-state index in [1.54, 1.807) is 26.0 Å². The van der Waals surface area contributed by atoms with Crippen molar-refractivity contribution in [2.45, 2.75) is 13.8 Å². The third kappa shape index (κ3) is 1.63. The van der Waals surface area contributed by atoms with E-state index in [0.29, 0.717) is 17.1 Å². The number of aryl methyl sites for hydroxylation is 1. The highest BCUT2D eigenvalue weighted by Gasteiger charge is 2.11. The van der Waals surface area contributed by atoms with Crippen LogP contribution in [0.1, 0.15) is 11.4 Å². The zero-order valence-electron chi connectivity index (χ0n) is 8.46. The van der Waals surface area contributed by atoms with Crippen molar-refractivity contribution in [1.82, 2.24) is 9.78 Å². The Morgan fingerprint density at radius 2 is 1.67 bits per heavy atom. The minimum absolute atomic E-state index is 0.319. The number of hydrogen-bond donors (Lipinski definition) is 0. The van der Waals surface area contributed by atoms with Gasteiger partial charge < -0.3 is 0 Å². The molecule has 2 aromatic rings. The van der Waals surface area contributed by atoms with Crippen LogP contribution in [0.3, 0.4) is 0 Å². The largest absolute Gasteiger partial charge is 0.235 e. The lowest BCUT2D eigenvalue weighted by Gasteiger charge is -2.02. The van der Waals surface area contributed by atoms with Gasteiger partial charge in [-0.3, -0.25) is 0 Å². The van der Waals surface area contributed by atoms with Crippen LogP contribution in [-0.2, 0) is 0 Å². The van der Waals surface area contributed by atoms with Crippen molar-refractivity contribution in [2.75, 3.05) is 0 Å². The standard InChI is InChI=1S/C11H10F2N2/c1-7-11(13)8(2)15(14-7)10-5-3-9(12)4-6-10/h3-6H,1-2H3. The average Bonchev–Trinajstić information content (AvgIpc) is 2.47. The number of aromatic nitrogens is 2. The average molecular weight is 208 g/mol. The molecule has 0 aliphatic heterocycles. The van der Waals surface area contributed by atoms with Gasteiger partial charge in [-0.1, -0.05) is 0 Å². The van der Waals surface area contributed by atoms with E-state index in [9.17, 15) is 8.78 Å². The van der Waals surface area contributed by atoms with Crippen molar-refractivity contribution in [3.8, 4) is 5.69 Å². The number of benzene rings is 1. The highest BCUT2D eigenvalue weighted by molar-refractivity contribution is 5.33. The summed E-state index contributed by atoms with van der Waals surface area (Å²) >= 11 is 0. The molecule has 1 aromatic carbocycles. The molecule has 0 saturated heterocycles. The number of hydrogen-bond acceptors (Lipinski definition) is 1. The van der Waals surface area contributed by atoms with Gasteiger partial charge in [0.1, 0.15) is 5.82 Å². The Hall–Kier alpha value is -1.71. The number of nitrogens with zero attached hydrogens (tertiary/aromatic N) is 2. The molecule has 0 atom stereocenters. The zero-order valence-corrected chi connectivity index (χ0v) is 8.46. The number of halogens is 2. The van der Waals surface area contributed by atoms with E-state index in [4.69, 9.17) is 0 Å². The normalized spacial score (nSPS) is 10.7. The summed E-state index contributed by atoms with van der Waals surface area (Å²) in [7, 11) is 0. The van der Waals surface area contributed by atoms with E-state index in [1.165, 1.54) is 16.8 Å². The Balaban J connectivity index is 2.54. The fourth-order valence-electron chi connectivity index (χ4n) is 1.46. The third-order valence-corrected chi connectivity index (χ3v) is 2.27. The molecule has 0 aliphatic rings. The lowest BCUT2D eigenvalue weighted by atomic mass is 10.3. The quantitative estimate of drug-likeness (QED) is 0.704. The summed E-state index contributed by atoms with van der Waals surface area (Å²) in [4.78, 5) is 0. The van der Waals surface area contributed by atoms with Gasteiger partial charge in [0.15, 0.2) is 5.82 Å². The van der Waals surface area contributed by atoms with Gasteiger partial charge >= 0.3 is 0 Å². The van der Waals surface area contributed by atoms with Crippen molar-refractivity contribution >= 4 is 0 Å². The van der Waals surface area contributed by atoms with E-state index < -0.39 is 0 Å². The summed E-state index contributed by atoms with van der Waals surface area (Å²) in [6.45, 7) is 3.24. The van der Waals surface area contributed by atoms with Crippen LogP contribution in [0.4, 0.5) is 8.78 Å². The zero-order chi connectivity index (χ0) is 11.0. The van der Waals surface area contributed by atoms with Crippen molar-refractivity contribution < 1.29 is 8.78 Å². The smallest absolute Gasteiger partial charge is 0.167 e. The van der Waals surface area contributed by atoms with Crippen molar-refractivity contribution in [1.29, 1.82) is 0 Å². The lowest BCUT2D eigenvalue weighted by Crippen LogP contribution is -1.99. The van der Waals surface area contributed by atoms with Crippen LogP contribution in [0.2, 0.25) is 0 Å². The summed E-state index contributed by atoms with van der Waals surface area (Å²) in [5.74, 6) is -0.639. The molecule has 0 unspecified atom stereocenters. The summed E-state index contributed by atoms with van der Waals surface area (Å²) in [6.07, 6.45) is 0. The molecule has 0 radical (unpaired) electrons. The Kier molecular flexibility index (Phi) is 2.26. The van der Waals surface area contributed by atoms with Gasteiger partial charge in [-0.2, -0.15) is 5.10 Å². The second kappa shape index (κ2) is 3.46. The molecule has 0 N–H and O–H groups in total. The van der Waals surface area contributed by atoms with Crippen molar-refractivity contribution in [3.05, 3.63) is 47.3 Å². The second-order valence-corrected chi connectivity index (χ2v) is 3.37. The molecule has 15 heavy (non-hydrogen) atoms. The predicted molar refractivity (Wildman–Crippen MR) is 53.0 cm³/mol. The monoisotopic (exact) mass is 208 g/mol. The first-order chi connectivity index (χ1) is 7.09. The fourth-order valence-corrected chi connectivity index (χ4v) is 1.46. The SMILES string of the molecule is Cc1nn(-c2ccc(F)cc2)c(C)c1F. The molecule has 0 bridgehead atoms. The van der Waals surface area contributed by atoms with E-state index in [-0.39, 0.29) is 11.6 Å². The fraction of sp³-hybridized carbons (Fsp3) is 0.182. The minimum atomic E-state index is -0.320. The Labute approximate surface area is 86.2 Å². The predicted octanol–water partition coefficient (Wildman–Crippen LogP) is 2.77. The molecular formula is C11H10F2N2. The molecule has 4 heteroatoms. The maximum atomic E-state index is 13.4. The van der Waals surface area contributed by atoms with Crippen LogP contribution in [0.25, 0.3) is 5.69 Å². The molecule has 1 heterocycles. The lowest BCUT2D eigenvalue weighted by molar-refractivity contribution is 0.608. The maximum Gasteiger partial charge on any atom is 0.167 e. The summed E-state index contributed by atoms with van der Waals surface area (Å²) in [6, 6.07) is 5.77. The van der Waals surface area contributed by atoms with E-state index in [2.05, 4.69) is 5.10 Å². The molecule has 0 spiro atoms. The first-order valence-electron chi connectivity index (χ1n) is 4.57. The highest BCUT2D eigenvalue weighted by Crippen LogP contribution is 2.16. The van der Waals surface area contributed by atoms with Crippen LogP contribution in [0.15, 0.2) is 24.3 Å². The molecule has 1 aromatic heterocycles. The van der Waals surface area contributed by atoms with Gasteiger partial charge in [0.2, 0.25) is 0 Å². The first kappa shape index (κ1) is 9.83. The van der Waals surface area contributed by atoms with Gasteiger partial charge in [-0.05, 0) is 38.1 Å². The first-order valence-corrected chi connectivity index (χ1v) is 4.57. The van der Waals surface area contributed by atoms with Gasteiger partial charge in [0.25, 0.3) is 0 Å². The molecule has 78 valence electrons. The molecular weight excluding hydrogens is 198 g/mol. The Bertz CT molecular complexity index is 486. The minimum Gasteiger partial charge on any atom is -0.235 e. The molecule has 0 aliphatic carbocycles. The van der Waals surface area contributed by atoms with Gasteiger partial charge in [-0.25, -0.2) is 13.5 Å². The summed E-state index contributed by atoms with van der Waals surface area (Å²) in [5, 5.41) is 4.03. The topological polar surface area (TPSA) is 17.8 Å². The Morgan fingerprint density at radius 3 is 2.13 bits per heavy atom. The van der Waals surface area contributed by atoms with Crippen molar-refractivity contribution in [3.63, 3.8) is 0 Å². The van der Waals surface area contributed by atoms with Gasteiger partial charge in [0.05, 0.1) is 17.1 Å². The summed E-state index contributed by atoms with van der Waals surface area (Å²) < 4.78 is 27.5.